The number of amides is 1. The smallest absolute Gasteiger partial charge is 0.407 e. The molecule has 9 heteroatoms. The van der Waals surface area contributed by atoms with Crippen LogP contribution in [0.2, 0.25) is 0 Å². The summed E-state index contributed by atoms with van der Waals surface area (Å²) in [4.78, 5) is 27.3. The Morgan fingerprint density at radius 1 is 1.24 bits per heavy atom. The van der Waals surface area contributed by atoms with Crippen molar-refractivity contribution in [3.63, 3.8) is 0 Å². The Hall–Kier alpha value is -2.52. The van der Waals surface area contributed by atoms with E-state index in [-0.39, 0.29) is 0 Å². The molecular formula is C20H25BrN6O2. The number of aromatic nitrogens is 4. The van der Waals surface area contributed by atoms with Crippen LogP contribution in [-0.2, 0) is 17.8 Å². The molecule has 3 rings (SSSR count). The lowest BCUT2D eigenvalue weighted by atomic mass is 10.2. The number of carbonyl (C=O) groups is 1. The van der Waals surface area contributed by atoms with E-state index in [1.54, 1.807) is 18.6 Å². The van der Waals surface area contributed by atoms with Gasteiger partial charge in [-0.15, -0.1) is 0 Å². The minimum absolute atomic E-state index is 0.419. The molecule has 0 fully saturated rings. The second-order valence-electron chi connectivity index (χ2n) is 7.66. The van der Waals surface area contributed by atoms with Crippen molar-refractivity contribution in [3.05, 3.63) is 59.0 Å². The number of rotatable bonds is 7. The first kappa shape index (κ1) is 21.2. The van der Waals surface area contributed by atoms with Gasteiger partial charge in [-0.25, -0.2) is 14.8 Å². The predicted octanol–water partition coefficient (Wildman–Crippen LogP) is 3.41. The summed E-state index contributed by atoms with van der Waals surface area (Å²) < 4.78 is 8.00. The van der Waals surface area contributed by atoms with Gasteiger partial charge in [0.2, 0.25) is 0 Å². The monoisotopic (exact) mass is 460 g/mol. The van der Waals surface area contributed by atoms with Gasteiger partial charge in [0.1, 0.15) is 10.2 Å². The van der Waals surface area contributed by atoms with Crippen LogP contribution in [0.15, 0.2) is 47.7 Å². The average molecular weight is 461 g/mol. The topological polar surface area (TPSA) is 84.6 Å². The van der Waals surface area contributed by atoms with E-state index in [0.29, 0.717) is 26.2 Å². The summed E-state index contributed by atoms with van der Waals surface area (Å²) in [6.07, 6.45) is 8.65. The molecule has 3 heterocycles. The number of hydrogen-bond acceptors (Lipinski definition) is 6. The summed E-state index contributed by atoms with van der Waals surface area (Å²) >= 11 is 3.46. The number of pyridine rings is 1. The highest BCUT2D eigenvalue weighted by Gasteiger charge is 2.17. The Bertz CT molecular complexity index is 955. The molecule has 1 amide bonds. The summed E-state index contributed by atoms with van der Waals surface area (Å²) in [5, 5.41) is 2.82. The fraction of sp³-hybridized carbons (Fsp3) is 0.400. The Morgan fingerprint density at radius 2 is 2.00 bits per heavy atom. The van der Waals surface area contributed by atoms with Gasteiger partial charge in [0.15, 0.2) is 5.65 Å². The molecule has 0 aliphatic carbocycles. The number of fused-ring (bicyclic) bond motifs is 1. The van der Waals surface area contributed by atoms with Crippen molar-refractivity contribution < 1.29 is 9.53 Å². The third-order valence-electron chi connectivity index (χ3n) is 4.04. The maximum atomic E-state index is 11.9. The molecule has 0 atom stereocenters. The number of ether oxygens (including phenoxy) is 1. The van der Waals surface area contributed by atoms with E-state index in [1.165, 1.54) is 0 Å². The van der Waals surface area contributed by atoms with Gasteiger partial charge in [-0.3, -0.25) is 9.88 Å². The fourth-order valence-electron chi connectivity index (χ4n) is 2.87. The van der Waals surface area contributed by atoms with E-state index in [1.807, 2.05) is 49.7 Å². The van der Waals surface area contributed by atoms with E-state index in [4.69, 9.17) is 4.74 Å². The van der Waals surface area contributed by atoms with Crippen LogP contribution in [0.3, 0.4) is 0 Å². The molecule has 0 aromatic carbocycles. The summed E-state index contributed by atoms with van der Waals surface area (Å²) in [7, 11) is 0. The van der Waals surface area contributed by atoms with Crippen LogP contribution in [0.1, 0.15) is 32.0 Å². The summed E-state index contributed by atoms with van der Waals surface area (Å²) in [5.74, 6) is 0. The van der Waals surface area contributed by atoms with E-state index >= 15 is 0 Å². The van der Waals surface area contributed by atoms with E-state index in [9.17, 15) is 4.79 Å². The summed E-state index contributed by atoms with van der Waals surface area (Å²) in [6.45, 7) is 7.89. The SMILES string of the molecule is CC(C)(C)OC(=O)NCCN(Cc1ccncc1)Cc1nc(Br)cn2ccnc12. The first-order valence-corrected chi connectivity index (χ1v) is 10.2. The predicted molar refractivity (Wildman–Crippen MR) is 113 cm³/mol. The molecule has 8 nitrogen and oxygen atoms in total. The normalized spacial score (nSPS) is 11.8. The zero-order chi connectivity index (χ0) is 20.9. The van der Waals surface area contributed by atoms with E-state index in [2.05, 4.69) is 41.1 Å². The molecule has 0 aliphatic rings. The molecule has 1 N–H and O–H groups in total. The van der Waals surface area contributed by atoms with Crippen molar-refractivity contribution in [2.45, 2.75) is 39.5 Å². The third-order valence-corrected chi connectivity index (χ3v) is 4.42. The lowest BCUT2D eigenvalue weighted by Crippen LogP contribution is -2.37. The van der Waals surface area contributed by atoms with Gasteiger partial charge in [0.05, 0.1) is 5.69 Å². The minimum Gasteiger partial charge on any atom is -0.444 e. The first-order chi connectivity index (χ1) is 13.8. The second kappa shape index (κ2) is 9.32. The van der Waals surface area contributed by atoms with Gasteiger partial charge in [-0.2, -0.15) is 0 Å². The van der Waals surface area contributed by atoms with Gasteiger partial charge in [-0.05, 0) is 54.4 Å². The van der Waals surface area contributed by atoms with Crippen molar-refractivity contribution in [2.75, 3.05) is 13.1 Å². The van der Waals surface area contributed by atoms with Crippen LogP contribution in [0, 0.1) is 0 Å². The highest BCUT2D eigenvalue weighted by atomic mass is 79.9. The first-order valence-electron chi connectivity index (χ1n) is 9.36. The van der Waals surface area contributed by atoms with Crippen molar-refractivity contribution in [1.82, 2.24) is 29.6 Å². The number of halogens is 1. The Labute approximate surface area is 178 Å². The number of imidazole rings is 1. The van der Waals surface area contributed by atoms with Crippen LogP contribution in [-0.4, -0.2) is 49.0 Å². The number of nitrogens with one attached hydrogen (secondary N) is 1. The molecule has 154 valence electrons. The standard InChI is InChI=1S/C20H25BrN6O2/c1-20(2,3)29-19(28)24-8-10-26(12-15-4-6-22-7-5-15)13-16-18-23-9-11-27(18)14-17(21)25-16/h4-7,9,11,14H,8,10,12-13H2,1-3H3,(H,24,28). The van der Waals surface area contributed by atoms with Gasteiger partial charge in [-0.1, -0.05) is 0 Å². The maximum Gasteiger partial charge on any atom is 0.407 e. The summed E-state index contributed by atoms with van der Waals surface area (Å²) in [6, 6.07) is 3.96. The largest absolute Gasteiger partial charge is 0.444 e. The average Bonchev–Trinajstić information content (AvgIpc) is 3.09. The number of nitrogens with zero attached hydrogens (tertiary/aromatic N) is 5. The lowest BCUT2D eigenvalue weighted by Gasteiger charge is -2.24. The van der Waals surface area contributed by atoms with Crippen LogP contribution in [0.5, 0.6) is 0 Å². The molecule has 0 radical (unpaired) electrons. The molecular weight excluding hydrogens is 436 g/mol. The molecule has 0 saturated carbocycles. The molecule has 0 aliphatic heterocycles. The zero-order valence-corrected chi connectivity index (χ0v) is 18.4. The van der Waals surface area contributed by atoms with Crippen molar-refractivity contribution in [3.8, 4) is 0 Å². The number of alkyl carbamates (subject to hydrolysis) is 1. The number of hydrogen-bond donors (Lipinski definition) is 1. The minimum atomic E-state index is -0.521. The van der Waals surface area contributed by atoms with E-state index in [0.717, 1.165) is 21.5 Å². The van der Waals surface area contributed by atoms with Crippen LogP contribution in [0.4, 0.5) is 4.79 Å². The molecule has 0 bridgehead atoms. The number of carbonyl (C=O) groups excluding carboxylic acids is 1. The molecule has 0 unspecified atom stereocenters. The molecule has 3 aromatic heterocycles. The molecule has 0 spiro atoms. The van der Waals surface area contributed by atoms with Crippen molar-refractivity contribution in [2.24, 2.45) is 0 Å². The van der Waals surface area contributed by atoms with Gasteiger partial charge in [0, 0.05) is 57.2 Å². The Kier molecular flexibility index (Phi) is 6.81. The van der Waals surface area contributed by atoms with Gasteiger partial charge >= 0.3 is 6.09 Å². The van der Waals surface area contributed by atoms with Crippen molar-refractivity contribution >= 4 is 27.7 Å². The molecule has 3 aromatic rings. The fourth-order valence-corrected chi connectivity index (χ4v) is 3.31. The molecule has 29 heavy (non-hydrogen) atoms. The summed E-state index contributed by atoms with van der Waals surface area (Å²) in [5.41, 5.74) is 2.28. The van der Waals surface area contributed by atoms with Gasteiger partial charge in [0.25, 0.3) is 0 Å². The Balaban J connectivity index is 1.71. The van der Waals surface area contributed by atoms with Crippen LogP contribution in [0.25, 0.3) is 5.65 Å². The quantitative estimate of drug-likeness (QED) is 0.581. The highest BCUT2D eigenvalue weighted by Crippen LogP contribution is 2.16. The van der Waals surface area contributed by atoms with Crippen molar-refractivity contribution in [1.29, 1.82) is 0 Å². The molecule has 0 saturated heterocycles. The van der Waals surface area contributed by atoms with E-state index < -0.39 is 11.7 Å². The second-order valence-corrected chi connectivity index (χ2v) is 8.48. The van der Waals surface area contributed by atoms with Crippen LogP contribution >= 0.6 is 15.9 Å². The lowest BCUT2D eigenvalue weighted by molar-refractivity contribution is 0.0521. The van der Waals surface area contributed by atoms with Crippen LogP contribution < -0.4 is 5.32 Å². The Morgan fingerprint density at radius 3 is 2.72 bits per heavy atom. The highest BCUT2D eigenvalue weighted by molar-refractivity contribution is 9.10. The third kappa shape index (κ3) is 6.50. The maximum absolute atomic E-state index is 11.9. The van der Waals surface area contributed by atoms with Gasteiger partial charge < -0.3 is 14.5 Å². The zero-order valence-electron chi connectivity index (χ0n) is 16.8.